The van der Waals surface area contributed by atoms with E-state index in [9.17, 15) is 4.79 Å². The standard InChI is InChI=1S/C19H28N4O2/c1-14(7-11-18(24)25-19(2,3)4)6-9-16-10-8-15(12-20-16)17-13-23(5)22-21-17/h8,10,12-14H,6-7,9,11H2,1-5H3. The number of carbonyl (C=O) groups is 1. The van der Waals surface area contributed by atoms with E-state index in [1.165, 1.54) is 0 Å². The number of aryl methyl sites for hydroxylation is 2. The highest BCUT2D eigenvalue weighted by molar-refractivity contribution is 5.69. The molecule has 1 unspecified atom stereocenters. The van der Waals surface area contributed by atoms with Crippen LogP contribution in [0, 0.1) is 5.92 Å². The molecule has 2 aromatic heterocycles. The molecule has 2 aromatic rings. The van der Waals surface area contributed by atoms with E-state index in [1.54, 1.807) is 4.68 Å². The summed E-state index contributed by atoms with van der Waals surface area (Å²) in [5, 5.41) is 8.02. The van der Waals surface area contributed by atoms with Crippen LogP contribution in [0.5, 0.6) is 0 Å². The van der Waals surface area contributed by atoms with Crippen molar-refractivity contribution >= 4 is 5.97 Å². The third-order valence-corrected chi connectivity index (χ3v) is 3.88. The van der Waals surface area contributed by atoms with Gasteiger partial charge in [0.05, 0.1) is 6.20 Å². The minimum Gasteiger partial charge on any atom is -0.460 e. The highest BCUT2D eigenvalue weighted by Gasteiger charge is 2.16. The zero-order chi connectivity index (χ0) is 18.4. The topological polar surface area (TPSA) is 69.9 Å². The summed E-state index contributed by atoms with van der Waals surface area (Å²) in [6.07, 6.45) is 6.92. The number of pyridine rings is 1. The second-order valence-corrected chi connectivity index (χ2v) is 7.58. The molecule has 0 aliphatic carbocycles. The van der Waals surface area contributed by atoms with Crippen molar-refractivity contribution in [1.29, 1.82) is 0 Å². The molecule has 0 fully saturated rings. The lowest BCUT2D eigenvalue weighted by atomic mass is 9.98. The van der Waals surface area contributed by atoms with Crippen LogP contribution >= 0.6 is 0 Å². The van der Waals surface area contributed by atoms with Crippen LogP contribution < -0.4 is 0 Å². The first kappa shape index (κ1) is 19.1. The molecule has 0 bridgehead atoms. The highest BCUT2D eigenvalue weighted by Crippen LogP contribution is 2.18. The molecule has 0 aromatic carbocycles. The predicted octanol–water partition coefficient (Wildman–Crippen LogP) is 3.57. The molecule has 2 heterocycles. The Kier molecular flexibility index (Phi) is 6.28. The Morgan fingerprint density at radius 3 is 2.60 bits per heavy atom. The van der Waals surface area contributed by atoms with Gasteiger partial charge in [-0.2, -0.15) is 0 Å². The molecule has 6 heteroatoms. The summed E-state index contributed by atoms with van der Waals surface area (Å²) in [5.74, 6) is 0.333. The molecule has 0 aliphatic rings. The van der Waals surface area contributed by atoms with Gasteiger partial charge < -0.3 is 4.74 Å². The third kappa shape index (κ3) is 6.64. The smallest absolute Gasteiger partial charge is 0.306 e. The average Bonchev–Trinajstić information content (AvgIpc) is 2.96. The van der Waals surface area contributed by atoms with Gasteiger partial charge in [0.15, 0.2) is 0 Å². The molecule has 0 saturated heterocycles. The van der Waals surface area contributed by atoms with Gasteiger partial charge in [0.25, 0.3) is 0 Å². The van der Waals surface area contributed by atoms with Gasteiger partial charge in [-0.15, -0.1) is 5.10 Å². The van der Waals surface area contributed by atoms with Crippen molar-refractivity contribution in [3.8, 4) is 11.3 Å². The van der Waals surface area contributed by atoms with Crippen LogP contribution in [0.25, 0.3) is 11.3 Å². The Hall–Kier alpha value is -2.24. The Labute approximate surface area is 149 Å². The quantitative estimate of drug-likeness (QED) is 0.718. The molecule has 25 heavy (non-hydrogen) atoms. The molecular weight excluding hydrogens is 316 g/mol. The molecule has 0 N–H and O–H groups in total. The summed E-state index contributed by atoms with van der Waals surface area (Å²) in [4.78, 5) is 16.3. The van der Waals surface area contributed by atoms with Gasteiger partial charge in [-0.1, -0.05) is 12.1 Å². The Bertz CT molecular complexity index is 686. The molecule has 0 spiro atoms. The van der Waals surface area contributed by atoms with Gasteiger partial charge in [-0.05, 0) is 58.1 Å². The van der Waals surface area contributed by atoms with Crippen molar-refractivity contribution in [1.82, 2.24) is 20.0 Å². The van der Waals surface area contributed by atoms with Crippen LogP contribution in [-0.2, 0) is 23.0 Å². The second kappa shape index (κ2) is 8.23. The second-order valence-electron chi connectivity index (χ2n) is 7.58. The predicted molar refractivity (Wildman–Crippen MR) is 96.8 cm³/mol. The number of ether oxygens (including phenoxy) is 1. The maximum Gasteiger partial charge on any atom is 0.306 e. The van der Waals surface area contributed by atoms with Crippen LogP contribution in [0.2, 0.25) is 0 Å². The number of carbonyl (C=O) groups excluding carboxylic acids is 1. The number of rotatable bonds is 7. The Morgan fingerprint density at radius 1 is 1.28 bits per heavy atom. The average molecular weight is 344 g/mol. The van der Waals surface area contributed by atoms with Gasteiger partial charge in [0.1, 0.15) is 11.3 Å². The number of aromatic nitrogens is 4. The number of hydrogen-bond acceptors (Lipinski definition) is 5. The van der Waals surface area contributed by atoms with E-state index < -0.39 is 5.60 Å². The van der Waals surface area contributed by atoms with Crippen molar-refractivity contribution in [3.05, 3.63) is 30.2 Å². The molecule has 136 valence electrons. The minimum atomic E-state index is -0.408. The van der Waals surface area contributed by atoms with Crippen LogP contribution in [0.1, 0.15) is 52.7 Å². The van der Waals surface area contributed by atoms with Crippen molar-refractivity contribution < 1.29 is 9.53 Å². The van der Waals surface area contributed by atoms with Crippen LogP contribution in [0.3, 0.4) is 0 Å². The van der Waals surface area contributed by atoms with Crippen LogP contribution in [-0.4, -0.2) is 31.5 Å². The van der Waals surface area contributed by atoms with E-state index in [1.807, 2.05) is 52.3 Å². The summed E-state index contributed by atoms with van der Waals surface area (Å²) >= 11 is 0. The lowest BCUT2D eigenvalue weighted by Crippen LogP contribution is -2.24. The maximum absolute atomic E-state index is 11.8. The minimum absolute atomic E-state index is 0.120. The molecule has 0 amide bonds. The summed E-state index contributed by atoms with van der Waals surface area (Å²) in [5.41, 5.74) is 2.44. The van der Waals surface area contributed by atoms with Crippen molar-refractivity contribution in [2.75, 3.05) is 0 Å². The Morgan fingerprint density at radius 2 is 2.04 bits per heavy atom. The zero-order valence-corrected chi connectivity index (χ0v) is 15.8. The van der Waals surface area contributed by atoms with E-state index in [4.69, 9.17) is 4.74 Å². The van der Waals surface area contributed by atoms with Crippen LogP contribution in [0.4, 0.5) is 0 Å². The van der Waals surface area contributed by atoms with Gasteiger partial charge in [0, 0.05) is 30.9 Å². The summed E-state index contributed by atoms with van der Waals surface area (Å²) in [6, 6.07) is 4.06. The van der Waals surface area contributed by atoms with E-state index in [0.717, 1.165) is 36.2 Å². The largest absolute Gasteiger partial charge is 0.460 e. The summed E-state index contributed by atoms with van der Waals surface area (Å²) in [7, 11) is 1.84. The lowest BCUT2D eigenvalue weighted by Gasteiger charge is -2.20. The zero-order valence-electron chi connectivity index (χ0n) is 15.8. The first-order valence-electron chi connectivity index (χ1n) is 8.76. The van der Waals surface area contributed by atoms with Gasteiger partial charge in [0.2, 0.25) is 0 Å². The number of esters is 1. The van der Waals surface area contributed by atoms with E-state index >= 15 is 0 Å². The number of hydrogen-bond donors (Lipinski definition) is 0. The number of nitrogens with zero attached hydrogens (tertiary/aromatic N) is 4. The fourth-order valence-electron chi connectivity index (χ4n) is 2.50. The lowest BCUT2D eigenvalue weighted by molar-refractivity contribution is -0.155. The molecular formula is C19H28N4O2. The molecule has 0 saturated carbocycles. The van der Waals surface area contributed by atoms with E-state index in [2.05, 4.69) is 22.2 Å². The normalized spacial score (nSPS) is 12.8. The van der Waals surface area contributed by atoms with Gasteiger partial charge in [-0.25, -0.2) is 0 Å². The fraction of sp³-hybridized carbons (Fsp3) is 0.579. The third-order valence-electron chi connectivity index (χ3n) is 3.88. The van der Waals surface area contributed by atoms with Crippen molar-refractivity contribution in [2.45, 2.75) is 59.0 Å². The van der Waals surface area contributed by atoms with Crippen molar-refractivity contribution in [3.63, 3.8) is 0 Å². The van der Waals surface area contributed by atoms with Crippen LogP contribution in [0.15, 0.2) is 24.5 Å². The van der Waals surface area contributed by atoms with Gasteiger partial charge in [-0.3, -0.25) is 14.5 Å². The fourth-order valence-corrected chi connectivity index (χ4v) is 2.50. The Balaban J connectivity index is 1.76. The van der Waals surface area contributed by atoms with Gasteiger partial charge >= 0.3 is 5.97 Å². The molecule has 1 atom stereocenters. The SMILES string of the molecule is CC(CCC(=O)OC(C)(C)C)CCc1ccc(-c2cn(C)nn2)cn1. The first-order chi connectivity index (χ1) is 11.7. The first-order valence-corrected chi connectivity index (χ1v) is 8.76. The van der Waals surface area contributed by atoms with E-state index in [0.29, 0.717) is 12.3 Å². The summed E-state index contributed by atoms with van der Waals surface area (Å²) < 4.78 is 7.02. The maximum atomic E-state index is 11.8. The molecule has 0 aliphatic heterocycles. The monoisotopic (exact) mass is 344 g/mol. The molecule has 6 nitrogen and oxygen atoms in total. The highest BCUT2D eigenvalue weighted by atomic mass is 16.6. The van der Waals surface area contributed by atoms with E-state index in [-0.39, 0.29) is 5.97 Å². The van der Waals surface area contributed by atoms with Crippen molar-refractivity contribution in [2.24, 2.45) is 13.0 Å². The molecule has 2 rings (SSSR count). The summed E-state index contributed by atoms with van der Waals surface area (Å²) in [6.45, 7) is 7.85. The molecule has 0 radical (unpaired) electrons.